The summed E-state index contributed by atoms with van der Waals surface area (Å²) in [6.07, 6.45) is 2.54. The second kappa shape index (κ2) is 20.4. The van der Waals surface area contributed by atoms with Crippen molar-refractivity contribution >= 4 is 35.0 Å². The summed E-state index contributed by atoms with van der Waals surface area (Å²) in [4.78, 5) is 41.9. The number of piperazine rings is 1. The molecule has 7 rings (SSSR count). The van der Waals surface area contributed by atoms with Gasteiger partial charge in [0.15, 0.2) is 0 Å². The SMILES string of the molecule is CCC(C(C)O)n1ncn(N2CCN(c3ccc(OC4COC(Cn5c[n+](C(C)OC(=O)N(C)c6cc(Cl)ccc6COC(=O)CNC)cn5)(c5ccc(F)cc5F)C4)cc3)CC2)c1=O. The van der Waals surface area contributed by atoms with Crippen LogP contribution in [0, 0.1) is 11.6 Å². The van der Waals surface area contributed by atoms with E-state index in [0.29, 0.717) is 54.6 Å². The first-order valence-electron chi connectivity index (χ1n) is 21.3. The van der Waals surface area contributed by atoms with E-state index in [9.17, 15) is 23.9 Å². The van der Waals surface area contributed by atoms with Gasteiger partial charge < -0.3 is 39.3 Å². The Bertz CT molecular complexity index is 2500. The van der Waals surface area contributed by atoms with Crippen LogP contribution in [0.5, 0.6) is 5.75 Å². The van der Waals surface area contributed by atoms with Crippen molar-refractivity contribution in [3.63, 3.8) is 0 Å². The van der Waals surface area contributed by atoms with Crippen LogP contribution in [0.1, 0.15) is 57.0 Å². The number of nitrogens with zero attached hydrogens (tertiary/aromatic N) is 9. The number of aromatic nitrogens is 6. The predicted molar refractivity (Wildman–Crippen MR) is 234 cm³/mol. The molecule has 5 unspecified atom stereocenters. The lowest BCUT2D eigenvalue weighted by Gasteiger charge is -2.36. The van der Waals surface area contributed by atoms with Gasteiger partial charge in [-0.3, -0.25) is 9.69 Å². The molecule has 5 atom stereocenters. The summed E-state index contributed by atoms with van der Waals surface area (Å²) in [6, 6.07) is 15.4. The third kappa shape index (κ3) is 10.7. The minimum atomic E-state index is -1.31. The molecule has 0 radical (unpaired) electrons. The number of nitrogens with one attached hydrogen (secondary N) is 1. The Morgan fingerprint density at radius 3 is 2.52 bits per heavy atom. The molecule has 0 saturated carbocycles. The highest BCUT2D eigenvalue weighted by Crippen LogP contribution is 2.41. The topological polar surface area (TPSA) is 175 Å². The number of hydrogen-bond acceptors (Lipinski definition) is 13. The van der Waals surface area contributed by atoms with E-state index in [1.807, 2.05) is 36.2 Å². The van der Waals surface area contributed by atoms with E-state index in [-0.39, 0.29) is 44.0 Å². The molecule has 18 nitrogen and oxygen atoms in total. The Labute approximate surface area is 379 Å². The largest absolute Gasteiger partial charge is 0.488 e. The maximum atomic E-state index is 15.6. The number of likely N-dealkylation sites (N-methyl/N-ethyl adjacent to an activating group) is 1. The highest BCUT2D eigenvalue weighted by atomic mass is 35.5. The first-order valence-corrected chi connectivity index (χ1v) is 21.7. The van der Waals surface area contributed by atoms with Crippen molar-refractivity contribution in [3.05, 3.63) is 118 Å². The zero-order valence-electron chi connectivity index (χ0n) is 36.8. The van der Waals surface area contributed by atoms with Crippen LogP contribution in [-0.4, -0.2) is 107 Å². The first kappa shape index (κ1) is 46.9. The van der Waals surface area contributed by atoms with Gasteiger partial charge in [0.2, 0.25) is 12.6 Å². The van der Waals surface area contributed by atoms with Gasteiger partial charge in [0.05, 0.1) is 44.1 Å². The first-order chi connectivity index (χ1) is 31.2. The van der Waals surface area contributed by atoms with Gasteiger partial charge >= 0.3 is 17.8 Å². The molecule has 3 aromatic carbocycles. The van der Waals surface area contributed by atoms with Gasteiger partial charge in [-0.25, -0.2) is 23.1 Å². The number of carbonyl (C=O) groups is 2. The summed E-state index contributed by atoms with van der Waals surface area (Å²) < 4.78 is 59.5. The van der Waals surface area contributed by atoms with E-state index >= 15 is 4.39 Å². The number of anilines is 2. The van der Waals surface area contributed by atoms with E-state index in [0.717, 1.165) is 11.8 Å². The van der Waals surface area contributed by atoms with Gasteiger partial charge in [0.1, 0.15) is 48.6 Å². The van der Waals surface area contributed by atoms with Gasteiger partial charge in [-0.15, -0.1) is 4.68 Å². The summed E-state index contributed by atoms with van der Waals surface area (Å²) in [6.45, 7) is 7.72. The summed E-state index contributed by atoms with van der Waals surface area (Å²) in [5.74, 6) is -1.39. The molecule has 65 heavy (non-hydrogen) atoms. The molecule has 5 aromatic rings. The normalized spacial score (nSPS) is 18.9. The lowest BCUT2D eigenvalue weighted by atomic mass is 9.89. The van der Waals surface area contributed by atoms with E-state index in [1.165, 1.54) is 50.8 Å². The standard InChI is InChI=1S/C44H54ClF2N10O8/c1-6-39(29(2)58)57-42(60)56(27-50-57)55-17-15-52(16-18-55)34-10-12-35(13-11-34)65-36-21-44(63-24-36,37-14-9-33(46)20-38(37)47)25-54-28-53(26-49-54)30(3)64-43(61)51(5)40-19-32(45)8-7-31(40)23-62-41(59)22-48-4/h7-14,19-20,26-30,36,39,48,58H,6,15-18,21-25H2,1-5H3/q+1. The molecule has 4 heterocycles. The van der Waals surface area contributed by atoms with E-state index < -0.39 is 53.8 Å². The number of halogens is 3. The number of aliphatic hydroxyl groups is 1. The third-order valence-corrected chi connectivity index (χ3v) is 11.9. The molecule has 0 spiro atoms. The number of hydrogen-bond donors (Lipinski definition) is 2. The van der Waals surface area contributed by atoms with E-state index in [2.05, 4.69) is 20.4 Å². The molecule has 21 heteroatoms. The minimum Gasteiger partial charge on any atom is -0.488 e. The number of ether oxygens (including phenoxy) is 4. The Hall–Kier alpha value is -6.09. The molecule has 1 amide bonds. The highest BCUT2D eigenvalue weighted by molar-refractivity contribution is 6.31. The van der Waals surface area contributed by atoms with Crippen molar-refractivity contribution in [2.45, 2.75) is 76.8 Å². The maximum Gasteiger partial charge on any atom is 0.416 e. The molecular formula is C44H54ClF2N10O8+. The highest BCUT2D eigenvalue weighted by Gasteiger charge is 2.47. The molecule has 2 fully saturated rings. The van der Waals surface area contributed by atoms with Gasteiger partial charge in [0, 0.05) is 66.5 Å². The number of carbonyl (C=O) groups excluding carboxylic acids is 2. The van der Waals surface area contributed by atoms with E-state index in [1.54, 1.807) is 50.0 Å². The lowest BCUT2D eigenvalue weighted by molar-refractivity contribution is -0.753. The fourth-order valence-corrected chi connectivity index (χ4v) is 8.35. The number of amides is 1. The number of benzene rings is 3. The van der Waals surface area contributed by atoms with Gasteiger partial charge in [-0.05, 0) is 62.9 Å². The summed E-state index contributed by atoms with van der Waals surface area (Å²) in [5.41, 5.74) is 0.443. The van der Waals surface area contributed by atoms with Crippen LogP contribution in [0.15, 0.2) is 84.4 Å². The smallest absolute Gasteiger partial charge is 0.416 e. The summed E-state index contributed by atoms with van der Waals surface area (Å²) >= 11 is 6.26. The molecule has 2 aromatic heterocycles. The molecular weight excluding hydrogens is 870 g/mol. The molecule has 2 aliphatic rings. The molecule has 2 N–H and O–H groups in total. The predicted octanol–water partition coefficient (Wildman–Crippen LogP) is 4.07. The average Bonchev–Trinajstić information content (AvgIpc) is 4.03. The van der Waals surface area contributed by atoms with Crippen LogP contribution < -0.4 is 35.1 Å². The second-order valence-electron chi connectivity index (χ2n) is 16.1. The number of rotatable bonds is 17. The lowest BCUT2D eigenvalue weighted by Crippen LogP contribution is -2.54. The maximum absolute atomic E-state index is 15.6. The molecule has 2 aliphatic heterocycles. The molecule has 0 bridgehead atoms. The van der Waals surface area contributed by atoms with Gasteiger partial charge in [0.25, 0.3) is 6.33 Å². The molecule has 348 valence electrons. The van der Waals surface area contributed by atoms with Crippen LogP contribution in [0.25, 0.3) is 0 Å². The van der Waals surface area contributed by atoms with Crippen LogP contribution in [0.4, 0.5) is 25.0 Å². The Morgan fingerprint density at radius 1 is 1.08 bits per heavy atom. The monoisotopic (exact) mass is 923 g/mol. The Balaban J connectivity index is 0.983. The molecule has 2 saturated heterocycles. The zero-order valence-corrected chi connectivity index (χ0v) is 37.6. The third-order valence-electron chi connectivity index (χ3n) is 11.7. The summed E-state index contributed by atoms with van der Waals surface area (Å²) in [5, 5.41) is 23.9. The quantitative estimate of drug-likeness (QED) is 0.101. The van der Waals surface area contributed by atoms with Gasteiger partial charge in [-0.1, -0.05) is 30.7 Å². The van der Waals surface area contributed by atoms with E-state index in [4.69, 9.17) is 30.5 Å². The van der Waals surface area contributed by atoms with Crippen LogP contribution in [0.3, 0.4) is 0 Å². The Kier molecular flexibility index (Phi) is 14.7. The fourth-order valence-electron chi connectivity index (χ4n) is 8.18. The van der Waals surface area contributed by atoms with Crippen LogP contribution >= 0.6 is 11.6 Å². The van der Waals surface area contributed by atoms with Crippen molar-refractivity contribution < 1.29 is 47.0 Å². The van der Waals surface area contributed by atoms with Crippen LogP contribution in [0.2, 0.25) is 5.02 Å². The van der Waals surface area contributed by atoms with Crippen molar-refractivity contribution in [1.29, 1.82) is 0 Å². The van der Waals surface area contributed by atoms with Crippen LogP contribution in [-0.2, 0) is 37.8 Å². The zero-order chi connectivity index (χ0) is 46.4. The fraction of sp³-hybridized carbons (Fsp3) is 0.455. The van der Waals surface area contributed by atoms with Crippen molar-refractivity contribution in [2.75, 3.05) is 68.2 Å². The van der Waals surface area contributed by atoms with Crippen molar-refractivity contribution in [2.24, 2.45) is 0 Å². The summed E-state index contributed by atoms with van der Waals surface area (Å²) in [7, 11) is 3.13. The van der Waals surface area contributed by atoms with Crippen molar-refractivity contribution in [3.8, 4) is 5.75 Å². The van der Waals surface area contributed by atoms with Gasteiger partial charge in [-0.2, -0.15) is 14.3 Å². The Morgan fingerprint density at radius 2 is 1.83 bits per heavy atom. The average molecular weight is 924 g/mol. The van der Waals surface area contributed by atoms with Crippen molar-refractivity contribution in [1.82, 2.24) is 29.6 Å². The number of aliphatic hydroxyl groups excluding tert-OH is 1. The minimum absolute atomic E-state index is 0.0126. The second-order valence-corrected chi connectivity index (χ2v) is 16.6. The molecule has 0 aliphatic carbocycles. The number of esters is 1.